The minimum atomic E-state index is -1.76. The smallest absolute Gasteiger partial charge is 0.302 e. The Morgan fingerprint density at radius 2 is 1.31 bits per heavy atom. The predicted octanol–water partition coefficient (Wildman–Crippen LogP) is -2.84. The molecule has 0 aromatic carbocycles. The lowest BCUT2D eigenvalue weighted by Gasteiger charge is -2.46. The molecule has 10 atom stereocenters. The average molecular weight is 533 g/mol. The zero-order chi connectivity index (χ0) is 24.0. The summed E-state index contributed by atoms with van der Waals surface area (Å²) in [6, 6.07) is 0. The molecule has 0 amide bonds. The Hall–Kier alpha value is -0.940. The van der Waals surface area contributed by atoms with Crippen LogP contribution in [0.1, 0.15) is 13.8 Å². The van der Waals surface area contributed by atoms with E-state index in [0.717, 1.165) is 13.8 Å². The standard InChI is InChI=1S/C18H29BrO13/c1-7(20)28-5-9-11(22)12(23)14(25)18(30-9)32-16-10(6-29-8(2)21)31-17(27-4-3-19)15(26)13(16)24/h9-18,22-26H,3-6H2,1-2H3/t9?,10?,11-,12?,13?,14-,15-,16+,17+,18-/m0/s1. The SMILES string of the molecule is CC(=O)OCC1O[C@@H](O[C@@H]2C(COC(C)=O)O[C@@H](OCCBr)[C@@H](O)C2O)[C@@H](O)C(O)[C@H]1O. The van der Waals surface area contributed by atoms with Crippen LogP contribution in [-0.4, -0.2) is 124 Å². The number of hydrogen-bond acceptors (Lipinski definition) is 13. The van der Waals surface area contributed by atoms with Gasteiger partial charge >= 0.3 is 11.9 Å². The molecule has 2 rings (SSSR count). The number of halogens is 1. The van der Waals surface area contributed by atoms with E-state index >= 15 is 0 Å². The third kappa shape index (κ3) is 7.03. The monoisotopic (exact) mass is 532 g/mol. The number of esters is 2. The first-order valence-corrected chi connectivity index (χ1v) is 11.0. The minimum absolute atomic E-state index is 0.145. The summed E-state index contributed by atoms with van der Waals surface area (Å²) in [5.74, 6) is -1.30. The van der Waals surface area contributed by atoms with E-state index in [1.807, 2.05) is 0 Å². The minimum Gasteiger partial charge on any atom is -0.463 e. The number of carbonyl (C=O) groups is 2. The van der Waals surface area contributed by atoms with E-state index in [2.05, 4.69) is 15.9 Å². The third-order valence-corrected chi connectivity index (χ3v) is 5.19. The molecule has 0 bridgehead atoms. The zero-order valence-electron chi connectivity index (χ0n) is 17.5. The normalized spacial score (nSPS) is 40.0. The average Bonchev–Trinajstić information content (AvgIpc) is 2.74. The van der Waals surface area contributed by atoms with Crippen LogP contribution in [0.2, 0.25) is 0 Å². The van der Waals surface area contributed by atoms with Crippen molar-refractivity contribution in [1.82, 2.24) is 0 Å². The van der Waals surface area contributed by atoms with Gasteiger partial charge in [0.05, 0.1) is 6.61 Å². The van der Waals surface area contributed by atoms with Crippen LogP contribution in [0.4, 0.5) is 0 Å². The number of aliphatic hydroxyl groups is 5. The Labute approximate surface area is 192 Å². The Kier molecular flexibility index (Phi) is 10.7. The van der Waals surface area contributed by atoms with E-state index in [0.29, 0.717) is 5.33 Å². The van der Waals surface area contributed by atoms with Crippen LogP contribution in [0.5, 0.6) is 0 Å². The van der Waals surface area contributed by atoms with Crippen LogP contribution in [-0.2, 0) is 38.0 Å². The van der Waals surface area contributed by atoms with Crippen LogP contribution < -0.4 is 0 Å². The van der Waals surface area contributed by atoms with Crippen molar-refractivity contribution >= 4 is 27.9 Å². The molecule has 5 N–H and O–H groups in total. The highest BCUT2D eigenvalue weighted by molar-refractivity contribution is 9.09. The summed E-state index contributed by atoms with van der Waals surface area (Å²) in [4.78, 5) is 22.3. The predicted molar refractivity (Wildman–Crippen MR) is 105 cm³/mol. The van der Waals surface area contributed by atoms with Crippen LogP contribution in [0.15, 0.2) is 0 Å². The fraction of sp³-hybridized carbons (Fsp3) is 0.889. The van der Waals surface area contributed by atoms with E-state index < -0.39 is 80.0 Å². The molecule has 4 unspecified atom stereocenters. The quantitative estimate of drug-likeness (QED) is 0.151. The number of carbonyl (C=O) groups excluding carboxylic acids is 2. The van der Waals surface area contributed by atoms with E-state index in [1.165, 1.54) is 0 Å². The van der Waals surface area contributed by atoms with Crippen molar-refractivity contribution in [2.75, 3.05) is 25.2 Å². The first-order chi connectivity index (χ1) is 15.1. The van der Waals surface area contributed by atoms with Gasteiger partial charge in [0.15, 0.2) is 12.6 Å². The second-order valence-electron chi connectivity index (χ2n) is 7.30. The molecular formula is C18H29BrO13. The van der Waals surface area contributed by atoms with Gasteiger partial charge in [-0.25, -0.2) is 0 Å². The highest BCUT2D eigenvalue weighted by Gasteiger charge is 2.51. The second kappa shape index (κ2) is 12.5. The van der Waals surface area contributed by atoms with Gasteiger partial charge in [-0.2, -0.15) is 0 Å². The summed E-state index contributed by atoms with van der Waals surface area (Å²) < 4.78 is 31.7. The fourth-order valence-corrected chi connectivity index (χ4v) is 3.41. The number of aliphatic hydroxyl groups excluding tert-OH is 5. The molecule has 13 nitrogen and oxygen atoms in total. The molecular weight excluding hydrogens is 504 g/mol. The number of hydrogen-bond donors (Lipinski definition) is 5. The topological polar surface area (TPSA) is 191 Å². The lowest BCUT2D eigenvalue weighted by Crippen LogP contribution is -2.65. The Bertz CT molecular complexity index is 622. The molecule has 2 saturated heterocycles. The maximum Gasteiger partial charge on any atom is 0.302 e. The molecule has 32 heavy (non-hydrogen) atoms. The number of alkyl halides is 1. The fourth-order valence-electron chi connectivity index (χ4n) is 3.23. The van der Waals surface area contributed by atoms with Crippen molar-refractivity contribution in [2.24, 2.45) is 0 Å². The van der Waals surface area contributed by atoms with Crippen molar-refractivity contribution in [1.29, 1.82) is 0 Å². The molecule has 2 heterocycles. The molecule has 0 radical (unpaired) electrons. The molecule has 0 aliphatic carbocycles. The largest absolute Gasteiger partial charge is 0.463 e. The van der Waals surface area contributed by atoms with Crippen molar-refractivity contribution in [3.8, 4) is 0 Å². The highest BCUT2D eigenvalue weighted by atomic mass is 79.9. The first kappa shape index (κ1) is 27.3. The van der Waals surface area contributed by atoms with Gasteiger partial charge in [0.1, 0.15) is 62.0 Å². The van der Waals surface area contributed by atoms with Crippen molar-refractivity contribution < 1.29 is 63.5 Å². The van der Waals surface area contributed by atoms with Gasteiger partial charge in [-0.15, -0.1) is 0 Å². The molecule has 2 fully saturated rings. The summed E-state index contributed by atoms with van der Waals surface area (Å²) in [5.41, 5.74) is 0. The molecule has 2 aliphatic rings. The molecule has 0 aromatic heterocycles. The summed E-state index contributed by atoms with van der Waals surface area (Å²) in [6.45, 7) is 1.62. The number of ether oxygens (including phenoxy) is 6. The second-order valence-corrected chi connectivity index (χ2v) is 8.10. The summed E-state index contributed by atoms with van der Waals surface area (Å²) >= 11 is 3.16. The van der Waals surface area contributed by atoms with Crippen LogP contribution in [0, 0.1) is 0 Å². The van der Waals surface area contributed by atoms with Gasteiger partial charge in [-0.1, -0.05) is 15.9 Å². The van der Waals surface area contributed by atoms with Crippen molar-refractivity contribution in [2.45, 2.75) is 75.3 Å². The molecule has 0 spiro atoms. The summed E-state index contributed by atoms with van der Waals surface area (Å²) in [6.07, 6.45) is -15.0. The molecule has 186 valence electrons. The van der Waals surface area contributed by atoms with Crippen LogP contribution in [0.3, 0.4) is 0 Å². The van der Waals surface area contributed by atoms with Gasteiger partial charge in [-0.3, -0.25) is 9.59 Å². The maximum atomic E-state index is 11.2. The Balaban J connectivity index is 2.17. The van der Waals surface area contributed by atoms with Gasteiger partial charge < -0.3 is 54.0 Å². The van der Waals surface area contributed by atoms with Crippen molar-refractivity contribution in [3.63, 3.8) is 0 Å². The Morgan fingerprint density at radius 1 is 0.781 bits per heavy atom. The summed E-state index contributed by atoms with van der Waals surface area (Å²) in [7, 11) is 0. The summed E-state index contributed by atoms with van der Waals surface area (Å²) in [5, 5.41) is 51.9. The molecule has 0 aromatic rings. The maximum absolute atomic E-state index is 11.2. The first-order valence-electron chi connectivity index (χ1n) is 9.87. The van der Waals surface area contributed by atoms with Gasteiger partial charge in [0.2, 0.25) is 0 Å². The lowest BCUT2D eigenvalue weighted by atomic mass is 9.97. The lowest BCUT2D eigenvalue weighted by molar-refractivity contribution is -0.359. The van der Waals surface area contributed by atoms with Gasteiger partial charge in [0, 0.05) is 19.2 Å². The number of rotatable bonds is 9. The van der Waals surface area contributed by atoms with Crippen LogP contribution >= 0.6 is 15.9 Å². The Morgan fingerprint density at radius 3 is 1.88 bits per heavy atom. The third-order valence-electron chi connectivity index (χ3n) is 4.86. The zero-order valence-corrected chi connectivity index (χ0v) is 19.1. The van der Waals surface area contributed by atoms with E-state index in [9.17, 15) is 35.1 Å². The van der Waals surface area contributed by atoms with Crippen molar-refractivity contribution in [3.05, 3.63) is 0 Å². The van der Waals surface area contributed by atoms with E-state index in [-0.39, 0.29) is 13.2 Å². The highest BCUT2D eigenvalue weighted by Crippen LogP contribution is 2.30. The van der Waals surface area contributed by atoms with Gasteiger partial charge in [0.25, 0.3) is 0 Å². The molecule has 2 aliphatic heterocycles. The van der Waals surface area contributed by atoms with E-state index in [4.69, 9.17) is 28.4 Å². The molecule has 0 saturated carbocycles. The van der Waals surface area contributed by atoms with E-state index in [1.54, 1.807) is 0 Å². The van der Waals surface area contributed by atoms with Gasteiger partial charge in [-0.05, 0) is 0 Å². The van der Waals surface area contributed by atoms with Crippen LogP contribution in [0.25, 0.3) is 0 Å². The molecule has 14 heteroatoms.